The van der Waals surface area contributed by atoms with Crippen molar-refractivity contribution >= 4 is 6.09 Å². The molecule has 88 valence electrons. The van der Waals surface area contributed by atoms with Crippen LogP contribution in [0.3, 0.4) is 0 Å². The highest BCUT2D eigenvalue weighted by atomic mass is 16.4. The number of aromatic nitrogens is 2. The van der Waals surface area contributed by atoms with Gasteiger partial charge in [-0.15, -0.1) is 0 Å². The van der Waals surface area contributed by atoms with E-state index in [-0.39, 0.29) is 6.04 Å². The van der Waals surface area contributed by atoms with Crippen LogP contribution >= 0.6 is 0 Å². The fourth-order valence-electron chi connectivity index (χ4n) is 1.66. The number of amides is 1. The third kappa shape index (κ3) is 2.63. The van der Waals surface area contributed by atoms with Crippen LogP contribution in [0.2, 0.25) is 0 Å². The minimum atomic E-state index is -1.02. The molecule has 0 radical (unpaired) electrons. The SMILES string of the molecule is CC(NC(=O)O)c1cccc(-c2cn[nH]c2)c1. The van der Waals surface area contributed by atoms with Gasteiger partial charge < -0.3 is 10.4 Å². The van der Waals surface area contributed by atoms with Gasteiger partial charge in [-0.05, 0) is 24.1 Å². The first-order valence-electron chi connectivity index (χ1n) is 5.25. The van der Waals surface area contributed by atoms with Crippen LogP contribution in [0.25, 0.3) is 11.1 Å². The average molecular weight is 231 g/mol. The molecule has 0 saturated carbocycles. The van der Waals surface area contributed by atoms with Gasteiger partial charge in [0.2, 0.25) is 0 Å². The molecule has 0 bridgehead atoms. The number of rotatable bonds is 3. The van der Waals surface area contributed by atoms with Crippen molar-refractivity contribution in [2.75, 3.05) is 0 Å². The van der Waals surface area contributed by atoms with Crippen LogP contribution in [-0.4, -0.2) is 21.4 Å². The summed E-state index contributed by atoms with van der Waals surface area (Å²) in [5.74, 6) is 0. The predicted octanol–water partition coefficient (Wildman–Crippen LogP) is 2.41. The van der Waals surface area contributed by atoms with Gasteiger partial charge in [0.1, 0.15) is 0 Å². The van der Waals surface area contributed by atoms with Crippen LogP contribution in [0, 0.1) is 0 Å². The molecule has 17 heavy (non-hydrogen) atoms. The van der Waals surface area contributed by atoms with E-state index in [0.29, 0.717) is 0 Å². The first-order valence-corrected chi connectivity index (χ1v) is 5.25. The number of hydrogen-bond donors (Lipinski definition) is 3. The molecule has 1 amide bonds. The molecule has 2 rings (SSSR count). The quantitative estimate of drug-likeness (QED) is 0.759. The highest BCUT2D eigenvalue weighted by Crippen LogP contribution is 2.22. The minimum Gasteiger partial charge on any atom is -0.465 e. The number of hydrogen-bond acceptors (Lipinski definition) is 2. The topological polar surface area (TPSA) is 78.0 Å². The van der Waals surface area contributed by atoms with Crippen LogP contribution in [-0.2, 0) is 0 Å². The van der Waals surface area contributed by atoms with E-state index in [2.05, 4.69) is 15.5 Å². The Balaban J connectivity index is 2.25. The molecule has 0 fully saturated rings. The van der Waals surface area contributed by atoms with E-state index in [4.69, 9.17) is 5.11 Å². The summed E-state index contributed by atoms with van der Waals surface area (Å²) in [4.78, 5) is 10.6. The Hall–Kier alpha value is -2.30. The molecular formula is C12H13N3O2. The standard InChI is InChI=1S/C12H13N3O2/c1-8(15-12(16)17)9-3-2-4-10(5-9)11-6-13-14-7-11/h2-8,15H,1H3,(H,13,14)(H,16,17). The summed E-state index contributed by atoms with van der Waals surface area (Å²) in [7, 11) is 0. The van der Waals surface area contributed by atoms with Crippen LogP contribution in [0.15, 0.2) is 36.7 Å². The van der Waals surface area contributed by atoms with Gasteiger partial charge in [-0.3, -0.25) is 5.10 Å². The van der Waals surface area contributed by atoms with Gasteiger partial charge in [0.25, 0.3) is 0 Å². The monoisotopic (exact) mass is 231 g/mol. The summed E-state index contributed by atoms with van der Waals surface area (Å²) < 4.78 is 0. The molecule has 0 spiro atoms. The number of H-pyrrole nitrogens is 1. The molecule has 2 aromatic rings. The molecule has 0 saturated heterocycles. The van der Waals surface area contributed by atoms with Gasteiger partial charge in [0.15, 0.2) is 0 Å². The maximum atomic E-state index is 10.6. The summed E-state index contributed by atoms with van der Waals surface area (Å²) in [6.07, 6.45) is 2.51. The Labute approximate surface area is 98.5 Å². The number of carbonyl (C=O) groups is 1. The van der Waals surface area contributed by atoms with Crippen molar-refractivity contribution in [2.24, 2.45) is 0 Å². The van der Waals surface area contributed by atoms with E-state index < -0.39 is 6.09 Å². The van der Waals surface area contributed by atoms with Crippen molar-refractivity contribution in [1.29, 1.82) is 0 Å². The van der Waals surface area contributed by atoms with Gasteiger partial charge in [0.05, 0.1) is 12.2 Å². The molecule has 1 unspecified atom stereocenters. The van der Waals surface area contributed by atoms with E-state index in [9.17, 15) is 4.79 Å². The summed E-state index contributed by atoms with van der Waals surface area (Å²) in [6.45, 7) is 1.81. The maximum Gasteiger partial charge on any atom is 0.405 e. The van der Waals surface area contributed by atoms with Crippen LogP contribution in [0.4, 0.5) is 4.79 Å². The second kappa shape index (κ2) is 4.69. The Kier molecular flexibility index (Phi) is 3.09. The minimum absolute atomic E-state index is 0.237. The number of nitrogens with one attached hydrogen (secondary N) is 2. The van der Waals surface area contributed by atoms with Gasteiger partial charge >= 0.3 is 6.09 Å². The number of benzene rings is 1. The number of carboxylic acid groups (broad SMARTS) is 1. The number of aromatic amines is 1. The first kappa shape index (κ1) is 11.2. The van der Waals surface area contributed by atoms with Crippen LogP contribution in [0.1, 0.15) is 18.5 Å². The van der Waals surface area contributed by atoms with Gasteiger partial charge in [-0.25, -0.2) is 4.79 Å². The summed E-state index contributed by atoms with van der Waals surface area (Å²) in [5, 5.41) is 17.7. The lowest BCUT2D eigenvalue weighted by atomic mass is 10.0. The van der Waals surface area contributed by atoms with E-state index in [0.717, 1.165) is 16.7 Å². The fourth-order valence-corrected chi connectivity index (χ4v) is 1.66. The Bertz CT molecular complexity index is 508. The van der Waals surface area contributed by atoms with Crippen molar-refractivity contribution in [2.45, 2.75) is 13.0 Å². The van der Waals surface area contributed by atoms with Crippen molar-refractivity contribution in [3.8, 4) is 11.1 Å². The lowest BCUT2D eigenvalue weighted by molar-refractivity contribution is 0.191. The fraction of sp³-hybridized carbons (Fsp3) is 0.167. The van der Waals surface area contributed by atoms with E-state index in [1.165, 1.54) is 0 Å². The lowest BCUT2D eigenvalue weighted by Crippen LogP contribution is -2.24. The van der Waals surface area contributed by atoms with Gasteiger partial charge in [0, 0.05) is 11.8 Å². The summed E-state index contributed by atoms with van der Waals surface area (Å²) >= 11 is 0. The van der Waals surface area contributed by atoms with Crippen molar-refractivity contribution in [3.05, 3.63) is 42.2 Å². The van der Waals surface area contributed by atoms with Crippen LogP contribution < -0.4 is 5.32 Å². The van der Waals surface area contributed by atoms with E-state index in [1.807, 2.05) is 31.2 Å². The van der Waals surface area contributed by atoms with E-state index >= 15 is 0 Å². The first-order chi connectivity index (χ1) is 8.16. The highest BCUT2D eigenvalue weighted by Gasteiger charge is 2.09. The maximum absolute atomic E-state index is 10.6. The third-order valence-electron chi connectivity index (χ3n) is 2.56. The molecule has 3 N–H and O–H groups in total. The van der Waals surface area contributed by atoms with Gasteiger partial charge in [-0.2, -0.15) is 5.10 Å². The predicted molar refractivity (Wildman–Crippen MR) is 63.6 cm³/mol. The summed E-state index contributed by atoms with van der Waals surface area (Å²) in [5.41, 5.74) is 2.91. The van der Waals surface area contributed by atoms with Crippen molar-refractivity contribution in [1.82, 2.24) is 15.5 Å². The lowest BCUT2D eigenvalue weighted by Gasteiger charge is -2.12. The molecule has 0 aliphatic rings. The molecule has 1 atom stereocenters. The largest absolute Gasteiger partial charge is 0.465 e. The zero-order valence-corrected chi connectivity index (χ0v) is 9.34. The molecule has 0 aliphatic heterocycles. The second-order valence-electron chi connectivity index (χ2n) is 3.78. The smallest absolute Gasteiger partial charge is 0.405 e. The molecule has 5 nitrogen and oxygen atoms in total. The molecule has 1 heterocycles. The average Bonchev–Trinajstić information content (AvgIpc) is 2.82. The molecule has 5 heteroatoms. The Morgan fingerprint density at radius 1 is 1.47 bits per heavy atom. The normalized spacial score (nSPS) is 12.1. The molecular weight excluding hydrogens is 218 g/mol. The van der Waals surface area contributed by atoms with Crippen LogP contribution in [0.5, 0.6) is 0 Å². The molecule has 0 aliphatic carbocycles. The summed E-state index contributed by atoms with van der Waals surface area (Å²) in [6, 6.07) is 7.47. The molecule has 1 aromatic carbocycles. The third-order valence-corrected chi connectivity index (χ3v) is 2.56. The Morgan fingerprint density at radius 3 is 2.94 bits per heavy atom. The Morgan fingerprint density at radius 2 is 2.29 bits per heavy atom. The van der Waals surface area contributed by atoms with Crippen molar-refractivity contribution < 1.29 is 9.90 Å². The van der Waals surface area contributed by atoms with E-state index in [1.54, 1.807) is 12.4 Å². The highest BCUT2D eigenvalue weighted by molar-refractivity contribution is 5.66. The number of nitrogens with zero attached hydrogens (tertiary/aromatic N) is 1. The zero-order chi connectivity index (χ0) is 12.3. The zero-order valence-electron chi connectivity index (χ0n) is 9.34. The van der Waals surface area contributed by atoms with Gasteiger partial charge in [-0.1, -0.05) is 18.2 Å². The molecule has 1 aromatic heterocycles. The van der Waals surface area contributed by atoms with Crippen molar-refractivity contribution in [3.63, 3.8) is 0 Å². The second-order valence-corrected chi connectivity index (χ2v) is 3.78.